The first-order valence-electron chi connectivity index (χ1n) is 5.59. The molecule has 0 aliphatic carbocycles. The predicted octanol–water partition coefficient (Wildman–Crippen LogP) is 1.99. The molecule has 0 amide bonds. The summed E-state index contributed by atoms with van der Waals surface area (Å²) >= 11 is 0. The summed E-state index contributed by atoms with van der Waals surface area (Å²) < 4.78 is 38.4. The molecule has 1 saturated heterocycles. The number of nitrogens with one attached hydrogen (secondary N) is 1. The van der Waals surface area contributed by atoms with E-state index in [2.05, 4.69) is 5.32 Å². The van der Waals surface area contributed by atoms with E-state index in [-0.39, 0.29) is 5.56 Å². The third kappa shape index (κ3) is 2.57. The second-order valence-electron chi connectivity index (χ2n) is 4.08. The van der Waals surface area contributed by atoms with Gasteiger partial charge in [-0.25, -0.2) is 0 Å². The lowest BCUT2D eigenvalue weighted by Crippen LogP contribution is -2.43. The Morgan fingerprint density at radius 3 is 2.44 bits per heavy atom. The fraction of sp³-hybridized carbons (Fsp3) is 0.417. The molecule has 0 aromatic heterocycles. The molecule has 3 nitrogen and oxygen atoms in total. The molecule has 0 atom stereocenters. The fourth-order valence-electron chi connectivity index (χ4n) is 1.98. The van der Waals surface area contributed by atoms with Crippen LogP contribution in [0.4, 0.5) is 18.9 Å². The van der Waals surface area contributed by atoms with E-state index in [0.717, 1.165) is 19.2 Å². The van der Waals surface area contributed by atoms with Crippen molar-refractivity contribution in [1.29, 1.82) is 5.26 Å². The van der Waals surface area contributed by atoms with E-state index < -0.39 is 11.7 Å². The van der Waals surface area contributed by atoms with Gasteiger partial charge in [0, 0.05) is 31.9 Å². The third-order valence-corrected chi connectivity index (χ3v) is 2.91. The average molecular weight is 255 g/mol. The quantitative estimate of drug-likeness (QED) is 0.834. The van der Waals surface area contributed by atoms with Crippen molar-refractivity contribution in [2.45, 2.75) is 6.18 Å². The monoisotopic (exact) mass is 255 g/mol. The molecule has 0 spiro atoms. The zero-order valence-corrected chi connectivity index (χ0v) is 9.59. The van der Waals surface area contributed by atoms with Crippen LogP contribution >= 0.6 is 0 Å². The maximum Gasteiger partial charge on any atom is 0.417 e. The van der Waals surface area contributed by atoms with Gasteiger partial charge in [-0.05, 0) is 18.2 Å². The van der Waals surface area contributed by atoms with Crippen LogP contribution in [-0.2, 0) is 6.18 Å². The van der Waals surface area contributed by atoms with Crippen molar-refractivity contribution in [3.05, 3.63) is 29.3 Å². The molecule has 1 aromatic carbocycles. The van der Waals surface area contributed by atoms with Crippen LogP contribution < -0.4 is 10.2 Å². The summed E-state index contributed by atoms with van der Waals surface area (Å²) in [5, 5.41) is 11.8. The van der Waals surface area contributed by atoms with E-state index in [0.29, 0.717) is 18.8 Å². The van der Waals surface area contributed by atoms with Crippen LogP contribution in [-0.4, -0.2) is 26.2 Å². The highest BCUT2D eigenvalue weighted by Gasteiger charge is 2.34. The number of piperazine rings is 1. The van der Waals surface area contributed by atoms with Crippen molar-refractivity contribution < 1.29 is 13.2 Å². The van der Waals surface area contributed by atoms with Gasteiger partial charge in [0.1, 0.15) is 0 Å². The highest BCUT2D eigenvalue weighted by Crippen LogP contribution is 2.34. The van der Waals surface area contributed by atoms with E-state index in [1.54, 1.807) is 12.1 Å². The normalized spacial score (nSPS) is 16.4. The summed E-state index contributed by atoms with van der Waals surface area (Å²) in [5.41, 5.74) is -0.676. The smallest absolute Gasteiger partial charge is 0.369 e. The van der Waals surface area contributed by atoms with Crippen molar-refractivity contribution in [1.82, 2.24) is 5.32 Å². The van der Waals surface area contributed by atoms with Crippen LogP contribution in [0.1, 0.15) is 11.1 Å². The SMILES string of the molecule is N#Cc1ccc(N2CCNCC2)cc1C(F)(F)F. The summed E-state index contributed by atoms with van der Waals surface area (Å²) in [6.45, 7) is 2.84. The highest BCUT2D eigenvalue weighted by molar-refractivity contribution is 5.55. The lowest BCUT2D eigenvalue weighted by molar-refractivity contribution is -0.137. The first-order chi connectivity index (χ1) is 8.52. The van der Waals surface area contributed by atoms with Crippen molar-refractivity contribution >= 4 is 5.69 Å². The molecular formula is C12H12F3N3. The van der Waals surface area contributed by atoms with E-state index in [1.165, 1.54) is 6.07 Å². The summed E-state index contributed by atoms with van der Waals surface area (Å²) in [5.74, 6) is 0. The molecule has 1 N–H and O–H groups in total. The Labute approximate surface area is 103 Å². The van der Waals surface area contributed by atoms with Gasteiger partial charge in [0.2, 0.25) is 0 Å². The largest absolute Gasteiger partial charge is 0.417 e. The number of nitrogens with zero attached hydrogens (tertiary/aromatic N) is 2. The van der Waals surface area contributed by atoms with E-state index in [1.807, 2.05) is 4.90 Å². The molecule has 0 unspecified atom stereocenters. The Morgan fingerprint density at radius 2 is 1.89 bits per heavy atom. The Morgan fingerprint density at radius 1 is 1.22 bits per heavy atom. The highest BCUT2D eigenvalue weighted by atomic mass is 19.4. The predicted molar refractivity (Wildman–Crippen MR) is 61.2 cm³/mol. The molecule has 1 fully saturated rings. The molecule has 1 aliphatic heterocycles. The minimum absolute atomic E-state index is 0.332. The number of alkyl halides is 3. The number of halogens is 3. The molecule has 0 saturated carbocycles. The number of hydrogen-bond acceptors (Lipinski definition) is 3. The summed E-state index contributed by atoms with van der Waals surface area (Å²) in [6.07, 6.45) is -4.49. The molecule has 0 bridgehead atoms. The van der Waals surface area contributed by atoms with Gasteiger partial charge >= 0.3 is 6.18 Å². The second-order valence-corrected chi connectivity index (χ2v) is 4.08. The van der Waals surface area contributed by atoms with Crippen LogP contribution in [0.5, 0.6) is 0 Å². The number of nitriles is 1. The van der Waals surface area contributed by atoms with Gasteiger partial charge in [-0.2, -0.15) is 18.4 Å². The topological polar surface area (TPSA) is 39.1 Å². The number of rotatable bonds is 1. The summed E-state index contributed by atoms with van der Waals surface area (Å²) in [7, 11) is 0. The lowest BCUT2D eigenvalue weighted by atomic mass is 10.1. The van der Waals surface area contributed by atoms with Gasteiger partial charge in [0.15, 0.2) is 0 Å². The van der Waals surface area contributed by atoms with E-state index >= 15 is 0 Å². The number of anilines is 1. The zero-order chi connectivity index (χ0) is 13.2. The third-order valence-electron chi connectivity index (χ3n) is 2.91. The number of benzene rings is 1. The van der Waals surface area contributed by atoms with Gasteiger partial charge in [0.05, 0.1) is 17.2 Å². The maximum absolute atomic E-state index is 12.8. The molecule has 96 valence electrons. The molecular weight excluding hydrogens is 243 g/mol. The number of hydrogen-bond donors (Lipinski definition) is 1. The fourth-order valence-corrected chi connectivity index (χ4v) is 1.98. The van der Waals surface area contributed by atoms with Crippen LogP contribution in [0, 0.1) is 11.3 Å². The van der Waals surface area contributed by atoms with Crippen molar-refractivity contribution in [2.24, 2.45) is 0 Å². The molecule has 18 heavy (non-hydrogen) atoms. The molecule has 1 heterocycles. The second kappa shape index (κ2) is 4.86. The minimum Gasteiger partial charge on any atom is -0.369 e. The van der Waals surface area contributed by atoms with Crippen molar-refractivity contribution in [3.8, 4) is 6.07 Å². The molecule has 0 radical (unpaired) electrons. The van der Waals surface area contributed by atoms with Crippen LogP contribution in [0.25, 0.3) is 0 Å². The Hall–Kier alpha value is -1.74. The van der Waals surface area contributed by atoms with Gasteiger partial charge < -0.3 is 10.2 Å². The van der Waals surface area contributed by atoms with Gasteiger partial charge in [-0.15, -0.1) is 0 Å². The van der Waals surface area contributed by atoms with Gasteiger partial charge in [-0.1, -0.05) is 0 Å². The Kier molecular flexibility index (Phi) is 3.43. The average Bonchev–Trinajstić information content (AvgIpc) is 2.38. The van der Waals surface area contributed by atoms with Crippen LogP contribution in [0.2, 0.25) is 0 Å². The standard InChI is InChI=1S/C12H12F3N3/c13-12(14,15)11-7-10(2-1-9(11)8-16)18-5-3-17-4-6-18/h1-2,7,17H,3-6H2. The van der Waals surface area contributed by atoms with Gasteiger partial charge in [0.25, 0.3) is 0 Å². The molecule has 6 heteroatoms. The first kappa shape index (κ1) is 12.7. The molecule has 1 aliphatic rings. The van der Waals surface area contributed by atoms with Crippen LogP contribution in [0.3, 0.4) is 0 Å². The summed E-state index contributed by atoms with van der Waals surface area (Å²) in [6, 6.07) is 5.45. The van der Waals surface area contributed by atoms with Gasteiger partial charge in [-0.3, -0.25) is 0 Å². The maximum atomic E-state index is 12.8. The Bertz CT molecular complexity index is 470. The lowest BCUT2D eigenvalue weighted by Gasteiger charge is -2.30. The zero-order valence-electron chi connectivity index (χ0n) is 9.59. The van der Waals surface area contributed by atoms with E-state index in [4.69, 9.17) is 5.26 Å². The van der Waals surface area contributed by atoms with Crippen molar-refractivity contribution in [3.63, 3.8) is 0 Å². The first-order valence-corrected chi connectivity index (χ1v) is 5.59. The molecule has 1 aromatic rings. The van der Waals surface area contributed by atoms with E-state index in [9.17, 15) is 13.2 Å². The Balaban J connectivity index is 2.37. The van der Waals surface area contributed by atoms with Crippen LogP contribution in [0.15, 0.2) is 18.2 Å². The minimum atomic E-state index is -4.49. The van der Waals surface area contributed by atoms with Crippen molar-refractivity contribution in [2.75, 3.05) is 31.1 Å². The molecule has 2 rings (SSSR count). The summed E-state index contributed by atoms with van der Waals surface area (Å²) in [4.78, 5) is 1.88.